The number of halogens is 1. The van der Waals surface area contributed by atoms with E-state index in [0.29, 0.717) is 17.9 Å². The van der Waals surface area contributed by atoms with Gasteiger partial charge in [0.25, 0.3) is 0 Å². The van der Waals surface area contributed by atoms with Crippen LogP contribution in [0.2, 0.25) is 0 Å². The smallest absolute Gasteiger partial charge is 0.152 e. The molecule has 1 fully saturated rings. The van der Waals surface area contributed by atoms with Gasteiger partial charge < -0.3 is 10.1 Å². The van der Waals surface area contributed by atoms with Gasteiger partial charge in [-0.05, 0) is 18.6 Å². The predicted molar refractivity (Wildman–Crippen MR) is 63.6 cm³/mol. The van der Waals surface area contributed by atoms with E-state index in [1.54, 1.807) is 6.07 Å². The van der Waals surface area contributed by atoms with Gasteiger partial charge in [-0.15, -0.1) is 0 Å². The van der Waals surface area contributed by atoms with Gasteiger partial charge in [0.2, 0.25) is 0 Å². The fraction of sp³-hybridized carbons (Fsp3) is 0.455. The molecule has 0 saturated carbocycles. The molecule has 0 amide bonds. The highest BCUT2D eigenvalue weighted by atomic mass is 32.2. The molecule has 4 nitrogen and oxygen atoms in total. The van der Waals surface area contributed by atoms with Crippen molar-refractivity contribution >= 4 is 15.5 Å². The van der Waals surface area contributed by atoms with Crippen molar-refractivity contribution in [2.24, 2.45) is 0 Å². The number of ether oxygens (including phenoxy) is 1. The third-order valence-electron chi connectivity index (χ3n) is 2.76. The van der Waals surface area contributed by atoms with Crippen molar-refractivity contribution in [1.82, 2.24) is 0 Å². The second-order valence-corrected chi connectivity index (χ2v) is 6.32. The molecule has 0 aromatic heterocycles. The summed E-state index contributed by atoms with van der Waals surface area (Å²) in [6.45, 7) is 0. The van der Waals surface area contributed by atoms with E-state index in [-0.39, 0.29) is 23.4 Å². The van der Waals surface area contributed by atoms with Gasteiger partial charge in [0.1, 0.15) is 11.6 Å². The molecule has 6 heteroatoms. The molecule has 1 aromatic carbocycles. The van der Waals surface area contributed by atoms with E-state index in [1.807, 2.05) is 0 Å². The summed E-state index contributed by atoms with van der Waals surface area (Å²) in [6, 6.07) is 4.01. The Morgan fingerprint density at radius 3 is 2.82 bits per heavy atom. The highest BCUT2D eigenvalue weighted by Crippen LogP contribution is 2.27. The Morgan fingerprint density at radius 2 is 2.24 bits per heavy atom. The second-order valence-electron chi connectivity index (χ2n) is 4.09. The Bertz CT molecular complexity index is 515. The number of rotatable bonds is 3. The SMILES string of the molecule is COc1cc(F)ccc1NC1CCS(=O)(=O)C1. The molecule has 2 rings (SSSR count). The largest absolute Gasteiger partial charge is 0.494 e. The van der Waals surface area contributed by atoms with Crippen LogP contribution in [0.15, 0.2) is 18.2 Å². The summed E-state index contributed by atoms with van der Waals surface area (Å²) in [5.74, 6) is 0.322. The molecule has 0 aliphatic carbocycles. The fourth-order valence-corrected chi connectivity index (χ4v) is 3.59. The lowest BCUT2D eigenvalue weighted by Crippen LogP contribution is -2.20. The number of benzene rings is 1. The Balaban J connectivity index is 2.14. The standard InChI is InChI=1S/C11H14FNO3S/c1-16-11-6-8(12)2-3-10(11)13-9-4-5-17(14,15)7-9/h2-3,6,9,13H,4-5,7H2,1H3. The molecule has 1 N–H and O–H groups in total. The number of anilines is 1. The molecule has 94 valence electrons. The van der Waals surface area contributed by atoms with E-state index in [9.17, 15) is 12.8 Å². The van der Waals surface area contributed by atoms with Crippen molar-refractivity contribution in [3.05, 3.63) is 24.0 Å². The van der Waals surface area contributed by atoms with Gasteiger partial charge in [0.05, 0.1) is 24.3 Å². The average Bonchev–Trinajstić information content (AvgIpc) is 2.61. The van der Waals surface area contributed by atoms with Gasteiger partial charge in [-0.1, -0.05) is 0 Å². The molecular formula is C11H14FNO3S. The quantitative estimate of drug-likeness (QED) is 0.892. The van der Waals surface area contributed by atoms with Gasteiger partial charge in [-0.2, -0.15) is 0 Å². The van der Waals surface area contributed by atoms with Crippen LogP contribution in [0, 0.1) is 5.82 Å². The summed E-state index contributed by atoms with van der Waals surface area (Å²) in [7, 11) is -1.47. The molecule has 1 aliphatic rings. The normalized spacial score (nSPS) is 22.4. The first-order valence-electron chi connectivity index (χ1n) is 5.31. The average molecular weight is 259 g/mol. The van der Waals surface area contributed by atoms with Crippen molar-refractivity contribution in [3.63, 3.8) is 0 Å². The van der Waals surface area contributed by atoms with E-state index >= 15 is 0 Å². The maximum Gasteiger partial charge on any atom is 0.152 e. The van der Waals surface area contributed by atoms with Crippen LogP contribution in [-0.2, 0) is 9.84 Å². The molecule has 1 saturated heterocycles. The zero-order valence-electron chi connectivity index (χ0n) is 9.44. The lowest BCUT2D eigenvalue weighted by molar-refractivity contribution is 0.412. The first-order chi connectivity index (χ1) is 8.00. The van der Waals surface area contributed by atoms with E-state index in [4.69, 9.17) is 4.74 Å². The second kappa shape index (κ2) is 4.52. The monoisotopic (exact) mass is 259 g/mol. The molecule has 1 heterocycles. The Hall–Kier alpha value is -1.30. The van der Waals surface area contributed by atoms with Gasteiger partial charge in [-0.25, -0.2) is 12.8 Å². The highest BCUT2D eigenvalue weighted by molar-refractivity contribution is 7.91. The number of hydrogen-bond acceptors (Lipinski definition) is 4. The molecular weight excluding hydrogens is 245 g/mol. The van der Waals surface area contributed by atoms with Crippen LogP contribution in [0.3, 0.4) is 0 Å². The fourth-order valence-electron chi connectivity index (χ4n) is 1.91. The van der Waals surface area contributed by atoms with Crippen molar-refractivity contribution in [1.29, 1.82) is 0 Å². The van der Waals surface area contributed by atoms with Crippen LogP contribution < -0.4 is 10.1 Å². The van der Waals surface area contributed by atoms with E-state index in [1.165, 1.54) is 19.2 Å². The zero-order valence-corrected chi connectivity index (χ0v) is 10.3. The van der Waals surface area contributed by atoms with E-state index in [2.05, 4.69) is 5.32 Å². The summed E-state index contributed by atoms with van der Waals surface area (Å²) < 4.78 is 40.6. The van der Waals surface area contributed by atoms with E-state index < -0.39 is 9.84 Å². The highest BCUT2D eigenvalue weighted by Gasteiger charge is 2.28. The summed E-state index contributed by atoms with van der Waals surface area (Å²) in [5, 5.41) is 3.07. The molecule has 0 bridgehead atoms. The minimum absolute atomic E-state index is 0.119. The van der Waals surface area contributed by atoms with Crippen LogP contribution in [0.4, 0.5) is 10.1 Å². The Morgan fingerprint density at radius 1 is 1.47 bits per heavy atom. The lowest BCUT2D eigenvalue weighted by atomic mass is 10.2. The van der Waals surface area contributed by atoms with Crippen molar-refractivity contribution in [2.45, 2.75) is 12.5 Å². The summed E-state index contributed by atoms with van der Waals surface area (Å²) in [5.41, 5.74) is 0.621. The third-order valence-corrected chi connectivity index (χ3v) is 4.52. The van der Waals surface area contributed by atoms with E-state index in [0.717, 1.165) is 0 Å². The van der Waals surface area contributed by atoms with Crippen LogP contribution in [0.1, 0.15) is 6.42 Å². The molecule has 17 heavy (non-hydrogen) atoms. The molecule has 1 atom stereocenters. The lowest BCUT2D eigenvalue weighted by Gasteiger charge is -2.15. The minimum atomic E-state index is -2.92. The zero-order chi connectivity index (χ0) is 12.5. The number of hydrogen-bond donors (Lipinski definition) is 1. The van der Waals surface area contributed by atoms with Crippen LogP contribution in [0.5, 0.6) is 5.75 Å². The Labute approximate surface area is 99.7 Å². The van der Waals surface area contributed by atoms with Crippen LogP contribution in [-0.4, -0.2) is 33.1 Å². The van der Waals surface area contributed by atoms with Crippen LogP contribution in [0.25, 0.3) is 0 Å². The number of sulfone groups is 1. The van der Waals surface area contributed by atoms with Crippen molar-refractivity contribution in [3.8, 4) is 5.75 Å². The third kappa shape index (κ3) is 2.88. The first-order valence-corrected chi connectivity index (χ1v) is 7.13. The predicted octanol–water partition coefficient (Wildman–Crippen LogP) is 1.43. The molecule has 1 unspecified atom stereocenters. The van der Waals surface area contributed by atoms with Crippen molar-refractivity contribution in [2.75, 3.05) is 23.9 Å². The number of methoxy groups -OCH3 is 1. The van der Waals surface area contributed by atoms with Gasteiger partial charge >= 0.3 is 0 Å². The molecule has 1 aliphatic heterocycles. The molecule has 0 radical (unpaired) electrons. The Kier molecular flexibility index (Phi) is 3.24. The maximum atomic E-state index is 13.0. The van der Waals surface area contributed by atoms with Gasteiger partial charge in [0, 0.05) is 12.1 Å². The summed E-state index contributed by atoms with van der Waals surface area (Å²) >= 11 is 0. The maximum absolute atomic E-state index is 13.0. The summed E-state index contributed by atoms with van der Waals surface area (Å²) in [4.78, 5) is 0. The summed E-state index contributed by atoms with van der Waals surface area (Å²) in [6.07, 6.45) is 0.572. The minimum Gasteiger partial charge on any atom is -0.494 e. The van der Waals surface area contributed by atoms with Crippen LogP contribution >= 0.6 is 0 Å². The van der Waals surface area contributed by atoms with Crippen molar-refractivity contribution < 1.29 is 17.5 Å². The molecule has 0 spiro atoms. The van der Waals surface area contributed by atoms with Gasteiger partial charge in [-0.3, -0.25) is 0 Å². The first kappa shape index (κ1) is 12.2. The van der Waals surface area contributed by atoms with Gasteiger partial charge in [0.15, 0.2) is 9.84 Å². The number of nitrogens with one attached hydrogen (secondary N) is 1. The topological polar surface area (TPSA) is 55.4 Å². The molecule has 1 aromatic rings.